The van der Waals surface area contributed by atoms with E-state index in [9.17, 15) is 10.1 Å². The van der Waals surface area contributed by atoms with Crippen LogP contribution in [0.3, 0.4) is 0 Å². The van der Waals surface area contributed by atoms with Gasteiger partial charge in [-0.1, -0.05) is 30.3 Å². The highest BCUT2D eigenvalue weighted by Crippen LogP contribution is 2.33. The van der Waals surface area contributed by atoms with Crippen molar-refractivity contribution < 1.29 is 9.53 Å². The average Bonchev–Trinajstić information content (AvgIpc) is 2.77. The second-order valence-corrected chi connectivity index (χ2v) is 7.70. The molecular weight excluding hydrogens is 362 g/mol. The normalized spacial score (nSPS) is 20.2. The average molecular weight is 392 g/mol. The maximum Gasteiger partial charge on any atom is 0.220 e. The van der Waals surface area contributed by atoms with E-state index < -0.39 is 0 Å². The number of hydrogen-bond acceptors (Lipinski definition) is 4. The summed E-state index contributed by atoms with van der Waals surface area (Å²) in [5, 5.41) is 9.19. The molecular formula is C24H29N3O2. The zero-order chi connectivity index (χ0) is 20.8. The van der Waals surface area contributed by atoms with Crippen LogP contribution in [0, 0.1) is 17.2 Å². The summed E-state index contributed by atoms with van der Waals surface area (Å²) >= 11 is 0. The molecule has 2 aromatic carbocycles. The lowest BCUT2D eigenvalue weighted by atomic mass is 9.85. The molecule has 2 N–H and O–H groups in total. The van der Waals surface area contributed by atoms with E-state index in [4.69, 9.17) is 10.5 Å². The number of carbonyl (C=O) groups is 1. The van der Waals surface area contributed by atoms with Gasteiger partial charge in [0.15, 0.2) is 0 Å². The Labute approximate surface area is 173 Å². The number of amides is 1. The van der Waals surface area contributed by atoms with Gasteiger partial charge in [-0.3, -0.25) is 9.69 Å². The predicted octanol–water partition coefficient (Wildman–Crippen LogP) is 4.24. The second kappa shape index (κ2) is 9.69. The van der Waals surface area contributed by atoms with Crippen LogP contribution in [0.5, 0.6) is 0 Å². The molecule has 5 nitrogen and oxygen atoms in total. The molecule has 1 amide bonds. The zero-order valence-electron chi connectivity index (χ0n) is 17.2. The third kappa shape index (κ3) is 5.03. The highest BCUT2D eigenvalue weighted by molar-refractivity contribution is 5.76. The molecule has 0 radical (unpaired) electrons. The van der Waals surface area contributed by atoms with E-state index in [2.05, 4.69) is 36.2 Å². The molecule has 0 saturated heterocycles. The summed E-state index contributed by atoms with van der Waals surface area (Å²) in [6.45, 7) is 2.62. The van der Waals surface area contributed by atoms with Crippen LogP contribution >= 0.6 is 0 Å². The maximum atomic E-state index is 11.5. The number of hydrogen-bond donors (Lipinski definition) is 1. The topological polar surface area (TPSA) is 79.3 Å². The van der Waals surface area contributed by atoms with Gasteiger partial charge in [0.25, 0.3) is 0 Å². The summed E-state index contributed by atoms with van der Waals surface area (Å²) in [7, 11) is 2.10. The predicted molar refractivity (Wildman–Crippen MR) is 114 cm³/mol. The Morgan fingerprint density at radius 3 is 2.45 bits per heavy atom. The number of benzene rings is 2. The van der Waals surface area contributed by atoms with Crippen molar-refractivity contribution in [1.29, 1.82) is 5.26 Å². The van der Waals surface area contributed by atoms with Crippen LogP contribution in [0.2, 0.25) is 0 Å². The highest BCUT2D eigenvalue weighted by Gasteiger charge is 2.31. The Morgan fingerprint density at radius 1 is 1.17 bits per heavy atom. The first kappa shape index (κ1) is 21.0. The number of rotatable bonds is 7. The second-order valence-electron chi connectivity index (χ2n) is 7.70. The van der Waals surface area contributed by atoms with E-state index in [-0.39, 0.29) is 18.1 Å². The molecule has 1 atom stereocenters. The van der Waals surface area contributed by atoms with Gasteiger partial charge in [0.2, 0.25) is 5.91 Å². The largest absolute Gasteiger partial charge is 0.369 e. The Morgan fingerprint density at radius 2 is 1.83 bits per heavy atom. The van der Waals surface area contributed by atoms with Crippen LogP contribution in [0.1, 0.15) is 50.0 Å². The molecule has 3 rings (SSSR count). The van der Waals surface area contributed by atoms with Crippen LogP contribution in [0.25, 0.3) is 11.1 Å². The lowest BCUT2D eigenvalue weighted by Crippen LogP contribution is -2.40. The molecule has 1 aliphatic carbocycles. The Bertz CT molecular complexity index is 882. The van der Waals surface area contributed by atoms with Gasteiger partial charge in [-0.25, -0.2) is 0 Å². The Hall–Kier alpha value is -2.68. The molecule has 0 bridgehead atoms. The van der Waals surface area contributed by atoms with Crippen LogP contribution in [0.15, 0.2) is 48.5 Å². The quantitative estimate of drug-likeness (QED) is 0.716. The van der Waals surface area contributed by atoms with Gasteiger partial charge in [-0.15, -0.1) is 0 Å². The number of primary amides is 1. The summed E-state index contributed by atoms with van der Waals surface area (Å²) in [6.07, 6.45) is 3.40. The summed E-state index contributed by atoms with van der Waals surface area (Å²) in [5.74, 6) is -0.180. The van der Waals surface area contributed by atoms with E-state index in [0.29, 0.717) is 18.2 Å². The maximum absolute atomic E-state index is 11.5. The summed E-state index contributed by atoms with van der Waals surface area (Å²) in [6, 6.07) is 18.5. The van der Waals surface area contributed by atoms with Crippen molar-refractivity contribution in [2.24, 2.45) is 11.7 Å². The molecule has 1 unspecified atom stereocenters. The van der Waals surface area contributed by atoms with E-state index in [1.165, 1.54) is 0 Å². The van der Waals surface area contributed by atoms with Gasteiger partial charge >= 0.3 is 0 Å². The Kier molecular flexibility index (Phi) is 7.03. The zero-order valence-corrected chi connectivity index (χ0v) is 17.2. The first-order valence-electron chi connectivity index (χ1n) is 10.3. The third-order valence-electron chi connectivity index (χ3n) is 5.87. The SMILES string of the molecule is CCOC(c1cccc(-c2cccc(C#N)c2)c1)N(C)C1CCC(C(N)=O)CC1. The first-order chi connectivity index (χ1) is 14.0. The van der Waals surface area contributed by atoms with Crippen molar-refractivity contribution in [2.45, 2.75) is 44.9 Å². The lowest BCUT2D eigenvalue weighted by Gasteiger charge is -2.38. The van der Waals surface area contributed by atoms with E-state index >= 15 is 0 Å². The lowest BCUT2D eigenvalue weighted by molar-refractivity contribution is -0.123. The molecule has 1 aliphatic rings. The molecule has 0 heterocycles. The molecule has 1 saturated carbocycles. The van der Waals surface area contributed by atoms with Gasteiger partial charge in [0.05, 0.1) is 11.6 Å². The van der Waals surface area contributed by atoms with Crippen LogP contribution < -0.4 is 5.73 Å². The van der Waals surface area contributed by atoms with Crippen LogP contribution in [-0.4, -0.2) is 30.5 Å². The molecule has 152 valence electrons. The van der Waals surface area contributed by atoms with Gasteiger partial charge < -0.3 is 10.5 Å². The fraction of sp³-hybridized carbons (Fsp3) is 0.417. The Balaban J connectivity index is 1.82. The molecule has 29 heavy (non-hydrogen) atoms. The van der Waals surface area contributed by atoms with E-state index in [1.807, 2.05) is 37.3 Å². The van der Waals surface area contributed by atoms with Crippen molar-refractivity contribution in [2.75, 3.05) is 13.7 Å². The number of ether oxygens (including phenoxy) is 1. The summed E-state index contributed by atoms with van der Waals surface area (Å²) < 4.78 is 6.14. The van der Waals surface area contributed by atoms with Crippen molar-refractivity contribution in [3.63, 3.8) is 0 Å². The monoisotopic (exact) mass is 391 g/mol. The number of nitrogens with two attached hydrogens (primary N) is 1. The van der Waals surface area contributed by atoms with Gasteiger partial charge in [-0.05, 0) is 74.5 Å². The fourth-order valence-corrected chi connectivity index (χ4v) is 4.21. The van der Waals surface area contributed by atoms with Gasteiger partial charge in [0, 0.05) is 18.6 Å². The van der Waals surface area contributed by atoms with Gasteiger partial charge in [-0.2, -0.15) is 5.26 Å². The molecule has 1 fully saturated rings. The number of nitriles is 1. The fourth-order valence-electron chi connectivity index (χ4n) is 4.21. The van der Waals surface area contributed by atoms with Crippen molar-refractivity contribution in [3.05, 3.63) is 59.7 Å². The van der Waals surface area contributed by atoms with E-state index in [0.717, 1.165) is 42.4 Å². The first-order valence-corrected chi connectivity index (χ1v) is 10.3. The summed E-state index contributed by atoms with van der Waals surface area (Å²) in [4.78, 5) is 13.8. The number of carbonyl (C=O) groups excluding carboxylic acids is 1. The molecule has 0 aliphatic heterocycles. The minimum Gasteiger partial charge on any atom is -0.369 e. The minimum atomic E-state index is -0.181. The molecule has 5 heteroatoms. The number of nitrogens with zero attached hydrogens (tertiary/aromatic N) is 2. The molecule has 2 aromatic rings. The van der Waals surface area contributed by atoms with Crippen LogP contribution in [0.4, 0.5) is 0 Å². The van der Waals surface area contributed by atoms with Crippen molar-refractivity contribution in [3.8, 4) is 17.2 Å². The molecule has 0 aromatic heterocycles. The van der Waals surface area contributed by atoms with Gasteiger partial charge in [0.1, 0.15) is 6.23 Å². The van der Waals surface area contributed by atoms with Crippen molar-refractivity contribution in [1.82, 2.24) is 4.90 Å². The molecule has 0 spiro atoms. The smallest absolute Gasteiger partial charge is 0.220 e. The highest BCUT2D eigenvalue weighted by atomic mass is 16.5. The standard InChI is InChI=1S/C24H29N3O2/c1-3-29-24(27(2)22-12-10-18(11-13-22)23(26)28)21-9-5-8-20(15-21)19-7-4-6-17(14-19)16-25/h4-9,14-15,18,22,24H,3,10-13H2,1-2H3,(H2,26,28). The van der Waals surface area contributed by atoms with Crippen LogP contribution in [-0.2, 0) is 9.53 Å². The summed E-state index contributed by atoms with van der Waals surface area (Å²) in [5.41, 5.74) is 9.31. The minimum absolute atomic E-state index is 0.000863. The third-order valence-corrected chi connectivity index (χ3v) is 5.87. The van der Waals surface area contributed by atoms with Crippen molar-refractivity contribution >= 4 is 5.91 Å². The van der Waals surface area contributed by atoms with E-state index in [1.54, 1.807) is 0 Å².